The van der Waals surface area contributed by atoms with Crippen molar-refractivity contribution in [1.29, 1.82) is 0 Å². The van der Waals surface area contributed by atoms with Crippen LogP contribution in [0.15, 0.2) is 0 Å². The molecule has 0 radical (unpaired) electrons. The number of hydrogen-bond acceptors (Lipinski definition) is 0. The first-order valence-corrected chi connectivity index (χ1v) is 4.18. The van der Waals surface area contributed by atoms with Crippen molar-refractivity contribution in [2.45, 2.75) is 43.0 Å². The number of rotatable bonds is 6. The Bertz CT molecular complexity index is 296. The maximum Gasteiger partial charge on any atom is 0.350 e. The van der Waals surface area contributed by atoms with Gasteiger partial charge in [-0.2, -0.15) is 26.3 Å². The largest absolute Gasteiger partial charge is 0.350 e. The highest BCUT2D eigenvalue weighted by Gasteiger charge is 2.75. The van der Waals surface area contributed by atoms with Gasteiger partial charge in [-0.1, -0.05) is 0 Å². The average molecular weight is 316 g/mol. The minimum atomic E-state index is -6.76. The summed E-state index contributed by atoms with van der Waals surface area (Å²) in [5.41, 5.74) is 0. The van der Waals surface area contributed by atoms with Crippen molar-refractivity contribution < 1.29 is 52.7 Å². The molecule has 2 atom stereocenters. The molecule has 0 fully saturated rings. The van der Waals surface area contributed by atoms with Crippen LogP contribution in [0.25, 0.3) is 0 Å². The first-order chi connectivity index (χ1) is 8.20. The van der Waals surface area contributed by atoms with Crippen molar-refractivity contribution in [2.75, 3.05) is 0 Å². The molecule has 0 aliphatic heterocycles. The Balaban J connectivity index is 5.48. The molecule has 0 bridgehead atoms. The third kappa shape index (κ3) is 3.02. The van der Waals surface area contributed by atoms with E-state index >= 15 is 0 Å². The van der Waals surface area contributed by atoms with Gasteiger partial charge in [0.2, 0.25) is 12.3 Å². The van der Waals surface area contributed by atoms with Gasteiger partial charge in [-0.15, -0.1) is 0 Å². The van der Waals surface area contributed by atoms with Crippen molar-refractivity contribution in [1.82, 2.24) is 0 Å². The molecule has 19 heavy (non-hydrogen) atoms. The van der Waals surface area contributed by atoms with Crippen LogP contribution in [0.5, 0.6) is 0 Å². The Morgan fingerprint density at radius 1 is 0.579 bits per heavy atom. The predicted molar refractivity (Wildman–Crippen MR) is 36.6 cm³/mol. The van der Waals surface area contributed by atoms with Crippen LogP contribution < -0.4 is 0 Å². The van der Waals surface area contributed by atoms with E-state index in [0.717, 1.165) is 0 Å². The molecule has 0 saturated carbocycles. The molecule has 116 valence electrons. The van der Waals surface area contributed by atoms with Gasteiger partial charge in [-0.25, -0.2) is 26.3 Å². The lowest BCUT2D eigenvalue weighted by Crippen LogP contribution is -2.61. The molecule has 12 heteroatoms. The van der Waals surface area contributed by atoms with E-state index in [2.05, 4.69) is 0 Å². The summed E-state index contributed by atoms with van der Waals surface area (Å²) in [5, 5.41) is 0. The van der Waals surface area contributed by atoms with Crippen LogP contribution in [0.4, 0.5) is 52.7 Å². The van der Waals surface area contributed by atoms with Gasteiger partial charge in [-0.3, -0.25) is 0 Å². The predicted octanol–water partition coefficient (Wildman–Crippen LogP) is 4.10. The Labute approximate surface area is 96.9 Å². The summed E-state index contributed by atoms with van der Waals surface area (Å²) in [6.07, 6.45) is -20.4. The van der Waals surface area contributed by atoms with Gasteiger partial charge in [0, 0.05) is 0 Å². The van der Waals surface area contributed by atoms with Crippen molar-refractivity contribution in [3.8, 4) is 0 Å². The fraction of sp³-hybridized carbons (Fsp3) is 1.00. The fourth-order valence-electron chi connectivity index (χ4n) is 0.863. The SMILES string of the molecule is FC(F)C(F)C(F)(F)C(F)(F)C(F)C(F)(F)C(F)F. The molecule has 0 nitrogen and oxygen atoms in total. The standard InChI is InChI=1S/C7H4F12/c8-1(2(9)10)6(16,17)7(18,19)3(11)5(14,15)4(12)13/h1-4H. The third-order valence-electron chi connectivity index (χ3n) is 1.96. The lowest BCUT2D eigenvalue weighted by Gasteiger charge is -2.33. The first kappa shape index (κ1) is 18.2. The number of halogens is 12. The van der Waals surface area contributed by atoms with E-state index in [9.17, 15) is 52.7 Å². The molecular formula is C7H4F12. The first-order valence-electron chi connectivity index (χ1n) is 4.18. The highest BCUT2D eigenvalue weighted by Crippen LogP contribution is 2.48. The Morgan fingerprint density at radius 2 is 0.947 bits per heavy atom. The van der Waals surface area contributed by atoms with Gasteiger partial charge in [-0.05, 0) is 0 Å². The van der Waals surface area contributed by atoms with E-state index in [-0.39, 0.29) is 0 Å². The van der Waals surface area contributed by atoms with Crippen LogP contribution in [-0.4, -0.2) is 43.0 Å². The normalized spacial score (nSPS) is 18.0. The van der Waals surface area contributed by atoms with Gasteiger partial charge in [0.15, 0.2) is 0 Å². The van der Waals surface area contributed by atoms with Crippen LogP contribution in [0.2, 0.25) is 0 Å². The van der Waals surface area contributed by atoms with E-state index in [0.29, 0.717) is 0 Å². The van der Waals surface area contributed by atoms with E-state index in [4.69, 9.17) is 0 Å². The van der Waals surface area contributed by atoms with Crippen molar-refractivity contribution in [2.24, 2.45) is 0 Å². The minimum absolute atomic E-state index is 4.76. The van der Waals surface area contributed by atoms with Crippen molar-refractivity contribution in [3.63, 3.8) is 0 Å². The van der Waals surface area contributed by atoms with Crippen molar-refractivity contribution >= 4 is 0 Å². The monoisotopic (exact) mass is 316 g/mol. The zero-order valence-corrected chi connectivity index (χ0v) is 8.34. The summed E-state index contributed by atoms with van der Waals surface area (Å²) in [5.74, 6) is -19.6. The van der Waals surface area contributed by atoms with Crippen LogP contribution in [0, 0.1) is 0 Å². The fourth-order valence-corrected chi connectivity index (χ4v) is 0.863. The molecule has 0 aromatic carbocycles. The van der Waals surface area contributed by atoms with Crippen molar-refractivity contribution in [3.05, 3.63) is 0 Å². The maximum atomic E-state index is 12.6. The molecule has 0 N–H and O–H groups in total. The molecule has 0 aromatic heterocycles. The van der Waals surface area contributed by atoms with Gasteiger partial charge >= 0.3 is 24.2 Å². The molecule has 0 spiro atoms. The van der Waals surface area contributed by atoms with Crippen LogP contribution in [0.1, 0.15) is 0 Å². The average Bonchev–Trinajstić information content (AvgIpc) is 2.25. The summed E-state index contributed by atoms with van der Waals surface area (Å²) < 4.78 is 145. The Hall–Kier alpha value is -0.840. The number of alkyl halides is 12. The van der Waals surface area contributed by atoms with Gasteiger partial charge in [0.25, 0.3) is 6.43 Å². The molecule has 0 heterocycles. The summed E-state index contributed by atoms with van der Waals surface area (Å²) in [4.78, 5) is 0. The second kappa shape index (κ2) is 5.27. The third-order valence-corrected chi connectivity index (χ3v) is 1.96. The van der Waals surface area contributed by atoms with Gasteiger partial charge < -0.3 is 0 Å². The molecule has 0 aliphatic carbocycles. The van der Waals surface area contributed by atoms with Crippen LogP contribution in [0.3, 0.4) is 0 Å². The second-order valence-electron chi connectivity index (χ2n) is 3.32. The molecule has 2 unspecified atom stereocenters. The lowest BCUT2D eigenvalue weighted by atomic mass is 9.98. The molecule has 0 rings (SSSR count). The second-order valence-corrected chi connectivity index (χ2v) is 3.32. The highest BCUT2D eigenvalue weighted by atomic mass is 19.3. The van der Waals surface area contributed by atoms with E-state index in [1.165, 1.54) is 0 Å². The number of hydrogen-bond donors (Lipinski definition) is 0. The summed E-state index contributed by atoms with van der Waals surface area (Å²) in [6, 6.07) is 0. The summed E-state index contributed by atoms with van der Waals surface area (Å²) in [6.45, 7) is 0. The topological polar surface area (TPSA) is 0 Å². The molecule has 0 saturated heterocycles. The highest BCUT2D eigenvalue weighted by molar-refractivity contribution is 5.02. The zero-order valence-electron chi connectivity index (χ0n) is 8.34. The molecule has 0 aromatic rings. The van der Waals surface area contributed by atoms with E-state index < -0.39 is 43.0 Å². The molecule has 0 aliphatic rings. The van der Waals surface area contributed by atoms with Crippen LogP contribution >= 0.6 is 0 Å². The van der Waals surface area contributed by atoms with E-state index in [1.807, 2.05) is 0 Å². The van der Waals surface area contributed by atoms with Gasteiger partial charge in [0.1, 0.15) is 0 Å². The van der Waals surface area contributed by atoms with Crippen LogP contribution in [-0.2, 0) is 0 Å². The molecule has 0 amide bonds. The smallest absolute Gasteiger partial charge is 0.234 e. The van der Waals surface area contributed by atoms with E-state index in [1.54, 1.807) is 0 Å². The summed E-state index contributed by atoms with van der Waals surface area (Å²) >= 11 is 0. The quantitative estimate of drug-likeness (QED) is 0.647. The maximum absolute atomic E-state index is 12.6. The Kier molecular flexibility index (Phi) is 5.04. The molecular weight excluding hydrogens is 312 g/mol. The lowest BCUT2D eigenvalue weighted by molar-refractivity contribution is -0.318. The minimum Gasteiger partial charge on any atom is -0.234 e. The Morgan fingerprint density at radius 3 is 1.21 bits per heavy atom. The zero-order chi connectivity index (χ0) is 15.8. The summed E-state index contributed by atoms with van der Waals surface area (Å²) in [7, 11) is 0. The van der Waals surface area contributed by atoms with Gasteiger partial charge in [0.05, 0.1) is 0 Å².